The molecule has 3 aromatic rings. The molecule has 1 aliphatic rings. The summed E-state index contributed by atoms with van der Waals surface area (Å²) in [5.74, 6) is 0.0170. The first kappa shape index (κ1) is 21.5. The molecule has 0 radical (unpaired) electrons. The Morgan fingerprint density at radius 3 is 2.28 bits per heavy atom. The number of nitrogens with one attached hydrogen (secondary N) is 1. The average molecular weight is 503 g/mol. The van der Waals surface area contributed by atoms with Crippen LogP contribution in [0, 0.1) is 0 Å². The largest absolute Gasteiger partial charge is 1.00 e. The van der Waals surface area contributed by atoms with Gasteiger partial charge < -0.3 is 38.3 Å². The maximum Gasteiger partial charge on any atom is 0.274 e. The zero-order valence-electron chi connectivity index (χ0n) is 17.3. The Labute approximate surface area is 187 Å². The summed E-state index contributed by atoms with van der Waals surface area (Å²) in [5, 5.41) is 4.26. The molecular formula is C23H26IN3O2. The first-order valence-corrected chi connectivity index (χ1v) is 9.64. The van der Waals surface area contributed by atoms with Crippen molar-refractivity contribution < 1.29 is 33.3 Å². The third kappa shape index (κ3) is 3.71. The number of ketones is 1. The van der Waals surface area contributed by atoms with Crippen molar-refractivity contribution in [2.24, 2.45) is 7.05 Å². The lowest BCUT2D eigenvalue weighted by Crippen LogP contribution is -3.00. The molecule has 2 aromatic carbocycles. The second-order valence-corrected chi connectivity index (χ2v) is 8.48. The molecule has 0 saturated carbocycles. The van der Waals surface area contributed by atoms with E-state index in [0.717, 1.165) is 39.5 Å². The van der Waals surface area contributed by atoms with E-state index in [1.54, 1.807) is 11.6 Å². The minimum atomic E-state index is -0.0611. The van der Waals surface area contributed by atoms with E-state index in [4.69, 9.17) is 0 Å². The number of hydrogen-bond acceptors (Lipinski definition) is 3. The molecule has 4 rings (SSSR count). The Morgan fingerprint density at radius 1 is 0.931 bits per heavy atom. The van der Waals surface area contributed by atoms with Crippen molar-refractivity contribution in [3.8, 4) is 11.1 Å². The van der Waals surface area contributed by atoms with E-state index >= 15 is 0 Å². The maximum atomic E-state index is 13.2. The predicted molar refractivity (Wildman–Crippen MR) is 114 cm³/mol. The molecule has 1 N–H and O–H groups in total. The molecule has 0 saturated heterocycles. The zero-order chi connectivity index (χ0) is 20.1. The minimum absolute atomic E-state index is 0. The number of benzene rings is 2. The van der Waals surface area contributed by atoms with Crippen LogP contribution in [0.25, 0.3) is 22.0 Å². The first-order chi connectivity index (χ1) is 13.3. The fraction of sp³-hybridized carbons (Fsp3) is 0.304. The van der Waals surface area contributed by atoms with E-state index in [2.05, 4.69) is 26.5 Å². The smallest absolute Gasteiger partial charge is 0.274 e. The van der Waals surface area contributed by atoms with Crippen molar-refractivity contribution in [3.05, 3.63) is 63.9 Å². The van der Waals surface area contributed by atoms with Gasteiger partial charge in [0, 0.05) is 42.1 Å². The van der Waals surface area contributed by atoms with Crippen molar-refractivity contribution in [3.63, 3.8) is 0 Å². The number of hydrogen-bond donors (Lipinski definition) is 1. The average Bonchev–Trinajstić information content (AvgIpc) is 2.66. The van der Waals surface area contributed by atoms with Crippen LogP contribution in [0.3, 0.4) is 0 Å². The van der Waals surface area contributed by atoms with E-state index in [9.17, 15) is 9.59 Å². The molecule has 1 aromatic heterocycles. The SMILES string of the molecule is Cn1c(=O)c(NCCC[N+](C)(C)C)c2c3c(cccc31)C(=O)c1ccccc1-2.[I-]. The lowest BCUT2D eigenvalue weighted by molar-refractivity contribution is -0.870. The van der Waals surface area contributed by atoms with Crippen molar-refractivity contribution in [1.82, 2.24) is 4.57 Å². The third-order valence-corrected chi connectivity index (χ3v) is 5.42. The standard InChI is InChI=1S/C23H25N3O2.HI/c1-25-18-12-7-11-17-19(18)20(15-9-5-6-10-16(15)22(17)27)21(23(25)28)24-13-8-14-26(2,3)4;/h5-7,9-12H,8,13-14H2,1-4H3;1H. The number of rotatable bonds is 5. The lowest BCUT2D eigenvalue weighted by Gasteiger charge is -2.25. The Bertz CT molecular complexity index is 1160. The van der Waals surface area contributed by atoms with Crippen LogP contribution in [-0.2, 0) is 7.05 Å². The molecule has 0 fully saturated rings. The number of quaternary nitrogens is 1. The van der Waals surface area contributed by atoms with Gasteiger partial charge in [0.25, 0.3) is 5.56 Å². The normalized spacial score (nSPS) is 12.5. The Hall–Kier alpha value is -2.19. The monoisotopic (exact) mass is 503 g/mol. The van der Waals surface area contributed by atoms with Gasteiger partial charge in [0.05, 0.1) is 33.2 Å². The highest BCUT2D eigenvalue weighted by molar-refractivity contribution is 6.26. The number of carbonyl (C=O) groups is 1. The van der Waals surface area contributed by atoms with E-state index in [-0.39, 0.29) is 35.3 Å². The second-order valence-electron chi connectivity index (χ2n) is 8.48. The van der Waals surface area contributed by atoms with E-state index in [0.29, 0.717) is 23.4 Å². The summed E-state index contributed by atoms with van der Waals surface area (Å²) in [6.07, 6.45) is 0.951. The fourth-order valence-corrected chi connectivity index (χ4v) is 4.02. The number of nitrogens with zero attached hydrogens (tertiary/aromatic N) is 2. The molecule has 0 bridgehead atoms. The van der Waals surface area contributed by atoms with E-state index in [1.165, 1.54) is 0 Å². The number of carbonyl (C=O) groups excluding carboxylic acids is 1. The topological polar surface area (TPSA) is 51.1 Å². The fourth-order valence-electron chi connectivity index (χ4n) is 4.02. The van der Waals surface area contributed by atoms with Crippen molar-refractivity contribution >= 4 is 22.4 Å². The zero-order valence-corrected chi connectivity index (χ0v) is 19.4. The van der Waals surface area contributed by atoms with E-state index in [1.807, 2.05) is 42.5 Å². The van der Waals surface area contributed by atoms with Crippen molar-refractivity contribution in [1.29, 1.82) is 0 Å². The number of halogens is 1. The van der Waals surface area contributed by atoms with Crippen LogP contribution in [0.15, 0.2) is 47.3 Å². The van der Waals surface area contributed by atoms with Crippen molar-refractivity contribution in [2.45, 2.75) is 6.42 Å². The molecule has 0 spiro atoms. The molecule has 0 atom stereocenters. The van der Waals surface area contributed by atoms with Crippen molar-refractivity contribution in [2.75, 3.05) is 39.5 Å². The predicted octanol–water partition coefficient (Wildman–Crippen LogP) is 0.262. The van der Waals surface area contributed by atoms with Gasteiger partial charge in [-0.3, -0.25) is 9.59 Å². The van der Waals surface area contributed by atoms with Gasteiger partial charge in [-0.15, -0.1) is 0 Å². The van der Waals surface area contributed by atoms with Gasteiger partial charge in [-0.2, -0.15) is 0 Å². The van der Waals surface area contributed by atoms with Gasteiger partial charge in [0.15, 0.2) is 5.78 Å². The Morgan fingerprint density at radius 2 is 1.59 bits per heavy atom. The molecule has 6 heteroatoms. The summed E-state index contributed by atoms with van der Waals surface area (Å²) in [4.78, 5) is 26.3. The van der Waals surface area contributed by atoms with Crippen LogP contribution in [-0.4, -0.2) is 49.1 Å². The molecule has 5 nitrogen and oxygen atoms in total. The van der Waals surface area contributed by atoms with Gasteiger partial charge in [0.2, 0.25) is 0 Å². The van der Waals surface area contributed by atoms with Gasteiger partial charge in [-0.05, 0) is 11.6 Å². The third-order valence-electron chi connectivity index (χ3n) is 5.42. The van der Waals surface area contributed by atoms with Gasteiger partial charge >= 0.3 is 0 Å². The summed E-state index contributed by atoms with van der Waals surface area (Å²) in [6.45, 7) is 1.72. The van der Waals surface area contributed by atoms with Crippen LogP contribution in [0.5, 0.6) is 0 Å². The lowest BCUT2D eigenvalue weighted by atomic mass is 9.83. The highest BCUT2D eigenvalue weighted by atomic mass is 127. The van der Waals surface area contributed by atoms with Crippen LogP contribution in [0.2, 0.25) is 0 Å². The molecule has 0 aliphatic heterocycles. The number of fused-ring (bicyclic) bond motifs is 2. The Balaban J connectivity index is 0.00000240. The van der Waals surface area contributed by atoms with Gasteiger partial charge in [-0.25, -0.2) is 0 Å². The first-order valence-electron chi connectivity index (χ1n) is 9.64. The molecule has 1 heterocycles. The minimum Gasteiger partial charge on any atom is -1.00 e. The highest BCUT2D eigenvalue weighted by Crippen LogP contribution is 2.41. The summed E-state index contributed by atoms with van der Waals surface area (Å²) in [6, 6.07) is 13.2. The number of anilines is 1. The van der Waals surface area contributed by atoms with Crippen LogP contribution < -0.4 is 34.9 Å². The second kappa shape index (κ2) is 7.91. The highest BCUT2D eigenvalue weighted by Gasteiger charge is 2.29. The number of aromatic nitrogens is 1. The molecule has 152 valence electrons. The molecule has 1 aliphatic carbocycles. The number of pyridine rings is 1. The number of aryl methyl sites for hydroxylation is 1. The quantitative estimate of drug-likeness (QED) is 0.242. The molecule has 29 heavy (non-hydrogen) atoms. The van der Waals surface area contributed by atoms with Crippen LogP contribution in [0.4, 0.5) is 5.69 Å². The summed E-state index contributed by atoms with van der Waals surface area (Å²) >= 11 is 0. The van der Waals surface area contributed by atoms with Gasteiger partial charge in [-0.1, -0.05) is 36.4 Å². The molecule has 0 amide bonds. The van der Waals surface area contributed by atoms with Crippen LogP contribution in [0.1, 0.15) is 22.3 Å². The summed E-state index contributed by atoms with van der Waals surface area (Å²) in [7, 11) is 8.25. The maximum absolute atomic E-state index is 13.2. The Kier molecular flexibility index (Phi) is 5.87. The molecule has 0 unspecified atom stereocenters. The van der Waals surface area contributed by atoms with E-state index < -0.39 is 0 Å². The van der Waals surface area contributed by atoms with Crippen LogP contribution >= 0.6 is 0 Å². The summed E-state index contributed by atoms with van der Waals surface area (Å²) in [5.41, 5.74) is 4.33. The van der Waals surface area contributed by atoms with Gasteiger partial charge in [0.1, 0.15) is 5.69 Å². The molecular weight excluding hydrogens is 477 g/mol. The summed E-state index contributed by atoms with van der Waals surface area (Å²) < 4.78 is 2.53.